The highest BCUT2D eigenvalue weighted by molar-refractivity contribution is 8.00. The van der Waals surface area contributed by atoms with Crippen LogP contribution >= 0.6 is 11.9 Å². The molecule has 0 saturated heterocycles. The molecular weight excluding hydrogens is 346 g/mol. The molecule has 0 aromatic heterocycles. The van der Waals surface area contributed by atoms with Crippen LogP contribution in [0.2, 0.25) is 0 Å². The topological polar surface area (TPSA) is 66.4 Å². The summed E-state index contributed by atoms with van der Waals surface area (Å²) in [7, 11) is 0. The first-order valence-electron chi connectivity index (χ1n) is 8.01. The summed E-state index contributed by atoms with van der Waals surface area (Å²) < 4.78 is 3.11. The maximum Gasteiger partial charge on any atom is 0.337 e. The zero-order valence-corrected chi connectivity index (χ0v) is 14.9. The molecule has 130 valence electrons. The van der Waals surface area contributed by atoms with Gasteiger partial charge in [0.05, 0.1) is 11.3 Å². The summed E-state index contributed by atoms with van der Waals surface area (Å²) in [6.07, 6.45) is 0. The van der Waals surface area contributed by atoms with E-state index in [9.17, 15) is 14.7 Å². The molecule has 0 atom stereocenters. The molecule has 0 amide bonds. The Labute approximate surface area is 156 Å². The van der Waals surface area contributed by atoms with Crippen LogP contribution in [-0.2, 0) is 0 Å². The lowest BCUT2D eigenvalue weighted by Crippen LogP contribution is -2.02. The van der Waals surface area contributed by atoms with E-state index < -0.39 is 5.97 Å². The number of ketones is 1. The van der Waals surface area contributed by atoms with Crippen molar-refractivity contribution in [3.63, 3.8) is 0 Å². The predicted octanol–water partition coefficient (Wildman–Crippen LogP) is 5.37. The first kappa shape index (κ1) is 17.8. The largest absolute Gasteiger partial charge is 0.478 e. The van der Waals surface area contributed by atoms with E-state index in [1.54, 1.807) is 30.3 Å². The van der Waals surface area contributed by atoms with Gasteiger partial charge in [-0.3, -0.25) is 4.79 Å². The molecule has 0 fully saturated rings. The summed E-state index contributed by atoms with van der Waals surface area (Å²) in [4.78, 5) is 23.9. The number of nitrogens with one attached hydrogen (secondary N) is 1. The number of carbonyl (C=O) groups excluding carboxylic acids is 1. The second kappa shape index (κ2) is 7.89. The van der Waals surface area contributed by atoms with Crippen molar-refractivity contribution in [1.82, 2.24) is 0 Å². The smallest absolute Gasteiger partial charge is 0.337 e. The first-order chi connectivity index (χ1) is 12.5. The Balaban J connectivity index is 1.89. The van der Waals surface area contributed by atoms with Gasteiger partial charge >= 0.3 is 5.97 Å². The summed E-state index contributed by atoms with van der Waals surface area (Å²) in [5, 5.41) is 9.45. The molecule has 0 aliphatic carbocycles. The average molecular weight is 363 g/mol. The van der Waals surface area contributed by atoms with E-state index in [0.717, 1.165) is 16.0 Å². The molecule has 4 nitrogen and oxygen atoms in total. The fraction of sp³-hybridized carbons (Fsp3) is 0.0476. The Morgan fingerprint density at radius 2 is 1.65 bits per heavy atom. The van der Waals surface area contributed by atoms with E-state index in [2.05, 4.69) is 4.72 Å². The summed E-state index contributed by atoms with van der Waals surface area (Å²) in [5.41, 5.74) is 3.26. The van der Waals surface area contributed by atoms with Gasteiger partial charge in [0.15, 0.2) is 5.78 Å². The van der Waals surface area contributed by atoms with Gasteiger partial charge < -0.3 is 9.83 Å². The van der Waals surface area contributed by atoms with Crippen molar-refractivity contribution in [3.05, 3.63) is 83.9 Å². The molecule has 26 heavy (non-hydrogen) atoms. The molecule has 0 aliphatic rings. The van der Waals surface area contributed by atoms with Crippen LogP contribution in [0.1, 0.15) is 27.6 Å². The second-order valence-corrected chi connectivity index (χ2v) is 6.60. The zero-order valence-electron chi connectivity index (χ0n) is 14.1. The highest BCUT2D eigenvalue weighted by atomic mass is 32.2. The number of carboxylic acid groups (broad SMARTS) is 1. The van der Waals surface area contributed by atoms with Crippen LogP contribution in [0.5, 0.6) is 0 Å². The molecule has 0 aliphatic heterocycles. The van der Waals surface area contributed by atoms with E-state index in [1.165, 1.54) is 18.9 Å². The third-order valence-electron chi connectivity index (χ3n) is 3.88. The van der Waals surface area contributed by atoms with Gasteiger partial charge in [0.25, 0.3) is 0 Å². The number of anilines is 1. The van der Waals surface area contributed by atoms with Crippen molar-refractivity contribution in [2.75, 3.05) is 4.72 Å². The third kappa shape index (κ3) is 4.13. The summed E-state index contributed by atoms with van der Waals surface area (Å²) in [6, 6.07) is 22.2. The minimum Gasteiger partial charge on any atom is -0.478 e. The molecule has 0 radical (unpaired) electrons. The standard InChI is InChI=1S/C21H17NO3S/c1-14(23)16-8-5-9-18(12-16)26-22-20-13-17(10-11-19(20)21(24)25)15-6-3-2-4-7-15/h2-13,22H,1H3,(H,24,25). The van der Waals surface area contributed by atoms with Crippen molar-refractivity contribution in [1.29, 1.82) is 0 Å². The third-order valence-corrected chi connectivity index (χ3v) is 4.69. The monoisotopic (exact) mass is 363 g/mol. The lowest BCUT2D eigenvalue weighted by Gasteiger charge is -2.12. The molecular formula is C21H17NO3S. The highest BCUT2D eigenvalue weighted by Crippen LogP contribution is 2.29. The van der Waals surface area contributed by atoms with E-state index in [1.807, 2.05) is 42.5 Å². The number of rotatable bonds is 6. The molecule has 0 unspecified atom stereocenters. The summed E-state index contributed by atoms with van der Waals surface area (Å²) in [6.45, 7) is 1.52. The Morgan fingerprint density at radius 1 is 0.885 bits per heavy atom. The second-order valence-electron chi connectivity index (χ2n) is 5.72. The number of carboxylic acids is 1. The molecule has 5 heteroatoms. The van der Waals surface area contributed by atoms with Gasteiger partial charge in [0.1, 0.15) is 0 Å². The minimum absolute atomic E-state index is 0.00949. The van der Waals surface area contributed by atoms with Gasteiger partial charge in [-0.15, -0.1) is 0 Å². The summed E-state index contributed by atoms with van der Waals surface area (Å²) >= 11 is 1.28. The first-order valence-corrected chi connectivity index (χ1v) is 8.83. The maximum absolute atomic E-state index is 11.5. The predicted molar refractivity (Wildman–Crippen MR) is 105 cm³/mol. The van der Waals surface area contributed by atoms with Gasteiger partial charge in [-0.25, -0.2) is 4.79 Å². The molecule has 2 N–H and O–H groups in total. The molecule has 3 rings (SSSR count). The Hall–Kier alpha value is -3.05. The number of aromatic carboxylic acids is 1. The van der Waals surface area contributed by atoms with Crippen LogP contribution in [0, 0.1) is 0 Å². The highest BCUT2D eigenvalue weighted by Gasteiger charge is 2.12. The Bertz CT molecular complexity index is 954. The van der Waals surface area contributed by atoms with E-state index in [-0.39, 0.29) is 11.3 Å². The van der Waals surface area contributed by atoms with Crippen molar-refractivity contribution in [3.8, 4) is 11.1 Å². The number of carbonyl (C=O) groups is 2. The number of benzene rings is 3. The fourth-order valence-electron chi connectivity index (χ4n) is 2.52. The summed E-state index contributed by atoms with van der Waals surface area (Å²) in [5.74, 6) is -1.00. The van der Waals surface area contributed by atoms with Crippen LogP contribution in [0.25, 0.3) is 11.1 Å². The van der Waals surface area contributed by atoms with Crippen LogP contribution in [-0.4, -0.2) is 16.9 Å². The van der Waals surface area contributed by atoms with Crippen molar-refractivity contribution in [2.45, 2.75) is 11.8 Å². The van der Waals surface area contributed by atoms with Crippen LogP contribution in [0.4, 0.5) is 5.69 Å². The van der Waals surface area contributed by atoms with Crippen molar-refractivity contribution in [2.24, 2.45) is 0 Å². The van der Waals surface area contributed by atoms with Gasteiger partial charge in [0.2, 0.25) is 0 Å². The van der Waals surface area contributed by atoms with E-state index in [4.69, 9.17) is 0 Å². The van der Waals surface area contributed by atoms with Crippen molar-refractivity contribution >= 4 is 29.4 Å². The Morgan fingerprint density at radius 3 is 2.35 bits per heavy atom. The van der Waals surface area contributed by atoms with Gasteiger partial charge in [-0.2, -0.15) is 0 Å². The molecule has 3 aromatic carbocycles. The van der Waals surface area contributed by atoms with Crippen molar-refractivity contribution < 1.29 is 14.7 Å². The van der Waals surface area contributed by atoms with E-state index in [0.29, 0.717) is 11.3 Å². The minimum atomic E-state index is -0.995. The Kier molecular flexibility index (Phi) is 5.39. The van der Waals surface area contributed by atoms with Crippen LogP contribution in [0.3, 0.4) is 0 Å². The van der Waals surface area contributed by atoms with Gasteiger partial charge in [-0.1, -0.05) is 48.5 Å². The quantitative estimate of drug-likeness (QED) is 0.455. The SMILES string of the molecule is CC(=O)c1cccc(SNc2cc(-c3ccccc3)ccc2C(=O)O)c1. The fourth-order valence-corrected chi connectivity index (χ4v) is 3.25. The molecule has 0 spiro atoms. The van der Waals surface area contributed by atoms with Gasteiger partial charge in [0, 0.05) is 10.5 Å². The lowest BCUT2D eigenvalue weighted by molar-refractivity contribution is 0.0698. The molecule has 0 heterocycles. The number of hydrogen-bond donors (Lipinski definition) is 2. The average Bonchev–Trinajstić information content (AvgIpc) is 2.67. The molecule has 0 bridgehead atoms. The van der Waals surface area contributed by atoms with Crippen LogP contribution < -0.4 is 4.72 Å². The lowest BCUT2D eigenvalue weighted by atomic mass is 10.0. The number of hydrogen-bond acceptors (Lipinski definition) is 4. The zero-order chi connectivity index (χ0) is 18.5. The molecule has 3 aromatic rings. The van der Waals surface area contributed by atoms with Gasteiger partial charge in [-0.05, 0) is 54.3 Å². The maximum atomic E-state index is 11.5. The molecule has 0 saturated carbocycles. The normalized spacial score (nSPS) is 10.3. The number of Topliss-reactive ketones (excluding diaryl/α,β-unsaturated/α-hetero) is 1. The van der Waals surface area contributed by atoms with Crippen LogP contribution in [0.15, 0.2) is 77.7 Å². The van der Waals surface area contributed by atoms with E-state index >= 15 is 0 Å².